The van der Waals surface area contributed by atoms with Crippen molar-refractivity contribution < 1.29 is 33.3 Å². The number of fused-ring (bicyclic) bond motifs is 1. The first kappa shape index (κ1) is 21.0. The van der Waals surface area contributed by atoms with Crippen molar-refractivity contribution in [1.29, 1.82) is 0 Å². The summed E-state index contributed by atoms with van der Waals surface area (Å²) >= 11 is 0. The molecule has 9 nitrogen and oxygen atoms in total. The molecular weight excluding hydrogens is 392 g/mol. The molecule has 1 aliphatic rings. The summed E-state index contributed by atoms with van der Waals surface area (Å²) in [7, 11) is 1.57. The molecule has 0 unspecified atom stereocenters. The molecule has 0 bridgehead atoms. The van der Waals surface area contributed by atoms with Crippen molar-refractivity contribution in [1.82, 2.24) is 10.6 Å². The summed E-state index contributed by atoms with van der Waals surface area (Å²) in [4.78, 5) is 36.2. The second-order valence-electron chi connectivity index (χ2n) is 6.45. The third-order valence-electron chi connectivity index (χ3n) is 4.33. The summed E-state index contributed by atoms with van der Waals surface area (Å²) in [5.74, 6) is 0.0994. The minimum Gasteiger partial charge on any atom is -0.497 e. The third kappa shape index (κ3) is 5.40. The largest absolute Gasteiger partial charge is 0.497 e. The molecule has 1 aliphatic heterocycles. The lowest BCUT2D eigenvalue weighted by molar-refractivity contribution is -0.153. The van der Waals surface area contributed by atoms with Gasteiger partial charge in [-0.3, -0.25) is 14.4 Å². The molecule has 2 aromatic carbocycles. The number of hydrogen-bond acceptors (Lipinski definition) is 7. The van der Waals surface area contributed by atoms with Gasteiger partial charge in [0.05, 0.1) is 7.11 Å². The molecule has 0 saturated heterocycles. The standard InChI is InChI=1S/C21H22N2O7/c1-13(20(25)22-10-14-3-6-16(27-2)7-4-14)30-19(24)11-23-21(26)15-5-8-17-18(9-15)29-12-28-17/h3-9,13H,10-12H2,1-2H3,(H,22,25)(H,23,26)/t13-/m1/s1. The van der Waals surface area contributed by atoms with Gasteiger partial charge in [-0.25, -0.2) is 0 Å². The smallest absolute Gasteiger partial charge is 0.326 e. The Labute approximate surface area is 173 Å². The van der Waals surface area contributed by atoms with E-state index in [-0.39, 0.29) is 19.9 Å². The molecule has 9 heteroatoms. The second kappa shape index (κ2) is 9.64. The summed E-state index contributed by atoms with van der Waals surface area (Å²) in [5.41, 5.74) is 1.19. The summed E-state index contributed by atoms with van der Waals surface area (Å²) in [5, 5.41) is 5.14. The topological polar surface area (TPSA) is 112 Å². The molecule has 2 amide bonds. The van der Waals surface area contributed by atoms with Crippen molar-refractivity contribution in [3.63, 3.8) is 0 Å². The lowest BCUT2D eigenvalue weighted by Gasteiger charge is -2.14. The van der Waals surface area contributed by atoms with Crippen molar-refractivity contribution in [2.45, 2.75) is 19.6 Å². The number of ether oxygens (including phenoxy) is 4. The van der Waals surface area contributed by atoms with Crippen LogP contribution >= 0.6 is 0 Å². The predicted octanol–water partition coefficient (Wildman–Crippen LogP) is 1.40. The first-order valence-corrected chi connectivity index (χ1v) is 9.24. The maximum atomic E-state index is 12.2. The van der Waals surface area contributed by atoms with Crippen molar-refractivity contribution in [3.05, 3.63) is 53.6 Å². The lowest BCUT2D eigenvalue weighted by atomic mass is 10.2. The van der Waals surface area contributed by atoms with Crippen LogP contribution < -0.4 is 24.8 Å². The van der Waals surface area contributed by atoms with E-state index in [1.807, 2.05) is 12.1 Å². The van der Waals surface area contributed by atoms with E-state index in [9.17, 15) is 14.4 Å². The monoisotopic (exact) mass is 414 g/mol. The third-order valence-corrected chi connectivity index (χ3v) is 4.33. The predicted molar refractivity (Wildman–Crippen MR) is 105 cm³/mol. The number of rotatable bonds is 8. The molecule has 3 rings (SSSR count). The van der Waals surface area contributed by atoms with Gasteiger partial charge in [0.25, 0.3) is 11.8 Å². The Morgan fingerprint density at radius 2 is 1.77 bits per heavy atom. The minimum atomic E-state index is -1.00. The van der Waals surface area contributed by atoms with E-state index in [1.54, 1.807) is 31.4 Å². The van der Waals surface area contributed by atoms with E-state index in [2.05, 4.69) is 10.6 Å². The van der Waals surface area contributed by atoms with Crippen molar-refractivity contribution in [3.8, 4) is 17.2 Å². The molecule has 1 atom stereocenters. The Balaban J connectivity index is 1.41. The van der Waals surface area contributed by atoms with E-state index < -0.39 is 23.9 Å². The van der Waals surface area contributed by atoms with Gasteiger partial charge in [-0.1, -0.05) is 12.1 Å². The molecule has 0 spiro atoms. The Hall–Kier alpha value is -3.75. The van der Waals surface area contributed by atoms with Crippen LogP contribution in [0.1, 0.15) is 22.8 Å². The molecule has 0 fully saturated rings. The second-order valence-corrected chi connectivity index (χ2v) is 6.45. The Morgan fingerprint density at radius 3 is 2.50 bits per heavy atom. The zero-order valence-electron chi connectivity index (χ0n) is 16.6. The minimum absolute atomic E-state index is 0.102. The number of benzene rings is 2. The van der Waals surface area contributed by atoms with Crippen LogP contribution in [0.5, 0.6) is 17.2 Å². The van der Waals surface area contributed by atoms with Gasteiger partial charge in [-0.05, 0) is 42.8 Å². The number of carbonyl (C=O) groups excluding carboxylic acids is 3. The van der Waals surface area contributed by atoms with Gasteiger partial charge in [-0.15, -0.1) is 0 Å². The fourth-order valence-electron chi connectivity index (χ4n) is 2.66. The highest BCUT2D eigenvalue weighted by molar-refractivity contribution is 5.96. The van der Waals surface area contributed by atoms with Gasteiger partial charge < -0.3 is 29.6 Å². The number of carbonyl (C=O) groups is 3. The van der Waals surface area contributed by atoms with E-state index in [4.69, 9.17) is 18.9 Å². The van der Waals surface area contributed by atoms with Gasteiger partial charge in [-0.2, -0.15) is 0 Å². The van der Waals surface area contributed by atoms with E-state index in [0.717, 1.165) is 11.3 Å². The number of methoxy groups -OCH3 is 1. The van der Waals surface area contributed by atoms with E-state index >= 15 is 0 Å². The van der Waals surface area contributed by atoms with E-state index in [1.165, 1.54) is 13.0 Å². The first-order valence-electron chi connectivity index (χ1n) is 9.24. The molecule has 0 radical (unpaired) electrons. The van der Waals surface area contributed by atoms with Crippen LogP contribution in [0.15, 0.2) is 42.5 Å². The number of nitrogens with one attached hydrogen (secondary N) is 2. The van der Waals surface area contributed by atoms with Gasteiger partial charge in [0.1, 0.15) is 12.3 Å². The maximum absolute atomic E-state index is 12.2. The molecule has 0 aliphatic carbocycles. The molecule has 30 heavy (non-hydrogen) atoms. The fourth-order valence-corrected chi connectivity index (χ4v) is 2.66. The summed E-state index contributed by atoms with van der Waals surface area (Å²) < 4.78 is 20.5. The number of esters is 1. The van der Waals surface area contributed by atoms with Gasteiger partial charge >= 0.3 is 5.97 Å². The summed E-state index contributed by atoms with van der Waals surface area (Å²) in [6, 6.07) is 11.9. The Kier molecular flexibility index (Phi) is 6.74. The maximum Gasteiger partial charge on any atom is 0.326 e. The van der Waals surface area contributed by atoms with Gasteiger partial charge in [0.2, 0.25) is 6.79 Å². The Bertz CT molecular complexity index is 927. The van der Waals surface area contributed by atoms with Crippen LogP contribution in [0, 0.1) is 0 Å². The van der Waals surface area contributed by atoms with Crippen molar-refractivity contribution >= 4 is 17.8 Å². The highest BCUT2D eigenvalue weighted by atomic mass is 16.7. The van der Waals surface area contributed by atoms with Crippen LogP contribution in [-0.4, -0.2) is 44.3 Å². The fraction of sp³-hybridized carbons (Fsp3) is 0.286. The van der Waals surface area contributed by atoms with Crippen LogP contribution in [0.2, 0.25) is 0 Å². The molecule has 2 N–H and O–H groups in total. The quantitative estimate of drug-likeness (QED) is 0.628. The molecule has 2 aromatic rings. The van der Waals surface area contributed by atoms with Crippen LogP contribution in [-0.2, 0) is 20.9 Å². The molecule has 1 heterocycles. The molecular formula is C21H22N2O7. The average Bonchev–Trinajstić information content (AvgIpc) is 3.24. The zero-order chi connectivity index (χ0) is 21.5. The normalized spacial score (nSPS) is 12.6. The molecule has 0 saturated carbocycles. The van der Waals surface area contributed by atoms with E-state index in [0.29, 0.717) is 17.1 Å². The van der Waals surface area contributed by atoms with Gasteiger partial charge in [0, 0.05) is 12.1 Å². The highest BCUT2D eigenvalue weighted by Crippen LogP contribution is 2.32. The van der Waals surface area contributed by atoms with Gasteiger partial charge in [0.15, 0.2) is 17.6 Å². The van der Waals surface area contributed by atoms with Crippen LogP contribution in [0.3, 0.4) is 0 Å². The van der Waals surface area contributed by atoms with Crippen molar-refractivity contribution in [2.75, 3.05) is 20.4 Å². The Morgan fingerprint density at radius 1 is 1.03 bits per heavy atom. The summed E-state index contributed by atoms with van der Waals surface area (Å²) in [6.07, 6.45) is -1.00. The zero-order valence-corrected chi connectivity index (χ0v) is 16.6. The van der Waals surface area contributed by atoms with Crippen LogP contribution in [0.25, 0.3) is 0 Å². The summed E-state index contributed by atoms with van der Waals surface area (Å²) in [6.45, 7) is 1.47. The lowest BCUT2D eigenvalue weighted by Crippen LogP contribution is -2.38. The highest BCUT2D eigenvalue weighted by Gasteiger charge is 2.19. The molecule has 158 valence electrons. The number of amides is 2. The number of hydrogen-bond donors (Lipinski definition) is 2. The SMILES string of the molecule is COc1ccc(CNC(=O)[C@@H](C)OC(=O)CNC(=O)c2ccc3c(c2)OCO3)cc1. The average molecular weight is 414 g/mol. The molecule has 0 aromatic heterocycles. The van der Waals surface area contributed by atoms with Crippen molar-refractivity contribution in [2.24, 2.45) is 0 Å². The first-order chi connectivity index (χ1) is 14.5. The van der Waals surface area contributed by atoms with Crippen LogP contribution in [0.4, 0.5) is 0 Å².